The second-order valence-electron chi connectivity index (χ2n) is 7.40. The molecule has 0 unspecified atom stereocenters. The Hall–Kier alpha value is -2.96. The van der Waals surface area contributed by atoms with Gasteiger partial charge in [0.15, 0.2) is 0 Å². The zero-order valence-corrected chi connectivity index (χ0v) is 16.7. The van der Waals surface area contributed by atoms with Gasteiger partial charge in [-0.05, 0) is 25.1 Å². The quantitative estimate of drug-likeness (QED) is 0.728. The summed E-state index contributed by atoms with van der Waals surface area (Å²) in [5.41, 5.74) is 4.33. The van der Waals surface area contributed by atoms with Crippen molar-refractivity contribution in [2.75, 3.05) is 39.3 Å². The molecule has 2 aromatic carbocycles. The highest BCUT2D eigenvalue weighted by atomic mass is 16.3. The van der Waals surface area contributed by atoms with Crippen LogP contribution in [-0.4, -0.2) is 69.9 Å². The number of β-amino-alcohol motifs (C(OH)–C–C–N with tert-alkyl or cyclic N) is 1. The van der Waals surface area contributed by atoms with E-state index in [-0.39, 0.29) is 12.5 Å². The first-order valence-corrected chi connectivity index (χ1v) is 10.0. The fourth-order valence-electron chi connectivity index (χ4n) is 3.74. The van der Waals surface area contributed by atoms with Gasteiger partial charge in [-0.15, -0.1) is 0 Å². The van der Waals surface area contributed by atoms with E-state index in [9.17, 15) is 4.79 Å². The summed E-state index contributed by atoms with van der Waals surface area (Å²) in [4.78, 5) is 17.5. The standard InChI is InChI=1S/C23H26N4O2/c1-18-6-5-7-19(16-18)22-21(17-27(24-22)20-8-3-2-4-9-20)23(29)26-12-10-25(11-13-26)14-15-28/h2-9,16-17,28H,10-15H2,1H3. The van der Waals surface area contributed by atoms with Crippen LogP contribution < -0.4 is 0 Å². The van der Waals surface area contributed by atoms with Gasteiger partial charge in [-0.2, -0.15) is 5.10 Å². The van der Waals surface area contributed by atoms with Crippen molar-refractivity contribution in [1.82, 2.24) is 19.6 Å². The molecule has 4 rings (SSSR count). The Bertz CT molecular complexity index is 976. The van der Waals surface area contributed by atoms with Crippen molar-refractivity contribution in [1.29, 1.82) is 0 Å². The molecule has 6 heteroatoms. The predicted octanol–water partition coefficient (Wildman–Crippen LogP) is 2.60. The van der Waals surface area contributed by atoms with E-state index in [4.69, 9.17) is 10.2 Å². The highest BCUT2D eigenvalue weighted by Crippen LogP contribution is 2.26. The maximum atomic E-state index is 13.4. The molecule has 0 bridgehead atoms. The first-order valence-electron chi connectivity index (χ1n) is 10.0. The number of benzene rings is 2. The number of nitrogens with zero attached hydrogens (tertiary/aromatic N) is 4. The summed E-state index contributed by atoms with van der Waals surface area (Å²) in [6, 6.07) is 18.0. The molecule has 1 aliphatic rings. The van der Waals surface area contributed by atoms with Crippen molar-refractivity contribution in [3.8, 4) is 16.9 Å². The second kappa shape index (κ2) is 8.59. The van der Waals surface area contributed by atoms with Crippen molar-refractivity contribution in [3.63, 3.8) is 0 Å². The number of rotatable bonds is 5. The molecule has 0 saturated carbocycles. The SMILES string of the molecule is Cc1cccc(-c2nn(-c3ccccc3)cc2C(=O)N2CCN(CCO)CC2)c1. The Labute approximate surface area is 171 Å². The summed E-state index contributed by atoms with van der Waals surface area (Å²) in [5, 5.41) is 13.9. The van der Waals surface area contributed by atoms with E-state index in [1.807, 2.05) is 66.6 Å². The van der Waals surface area contributed by atoms with Crippen molar-refractivity contribution in [2.24, 2.45) is 0 Å². The van der Waals surface area contributed by atoms with Crippen LogP contribution in [0.25, 0.3) is 16.9 Å². The number of carbonyl (C=O) groups excluding carboxylic acids is 1. The van der Waals surface area contributed by atoms with Gasteiger partial charge in [0.1, 0.15) is 5.69 Å². The lowest BCUT2D eigenvalue weighted by Crippen LogP contribution is -2.49. The molecule has 1 saturated heterocycles. The molecule has 29 heavy (non-hydrogen) atoms. The van der Waals surface area contributed by atoms with Crippen LogP contribution in [0.1, 0.15) is 15.9 Å². The molecule has 1 N–H and O–H groups in total. The number of hydrogen-bond donors (Lipinski definition) is 1. The van der Waals surface area contributed by atoms with Gasteiger partial charge < -0.3 is 10.0 Å². The minimum Gasteiger partial charge on any atom is -0.395 e. The number of aryl methyl sites for hydroxylation is 1. The number of carbonyl (C=O) groups is 1. The van der Waals surface area contributed by atoms with Gasteiger partial charge in [0.05, 0.1) is 17.9 Å². The third-order valence-electron chi connectivity index (χ3n) is 5.33. The molecule has 1 fully saturated rings. The lowest BCUT2D eigenvalue weighted by atomic mass is 10.0. The van der Waals surface area contributed by atoms with Crippen LogP contribution in [0.4, 0.5) is 0 Å². The van der Waals surface area contributed by atoms with Crippen LogP contribution in [0.2, 0.25) is 0 Å². The topological polar surface area (TPSA) is 61.6 Å². The van der Waals surface area contributed by atoms with E-state index in [0.717, 1.165) is 29.9 Å². The van der Waals surface area contributed by atoms with Crippen LogP contribution in [0.5, 0.6) is 0 Å². The molecular weight excluding hydrogens is 364 g/mol. The lowest BCUT2D eigenvalue weighted by Gasteiger charge is -2.34. The van der Waals surface area contributed by atoms with Crippen molar-refractivity contribution < 1.29 is 9.90 Å². The number of amides is 1. The maximum absolute atomic E-state index is 13.4. The molecule has 0 spiro atoms. The van der Waals surface area contributed by atoms with Crippen LogP contribution in [0.15, 0.2) is 60.8 Å². The van der Waals surface area contributed by atoms with E-state index >= 15 is 0 Å². The van der Waals surface area contributed by atoms with Gasteiger partial charge in [-0.25, -0.2) is 4.68 Å². The molecular formula is C23H26N4O2. The smallest absolute Gasteiger partial charge is 0.257 e. The number of para-hydroxylation sites is 1. The molecule has 6 nitrogen and oxygen atoms in total. The van der Waals surface area contributed by atoms with Crippen LogP contribution >= 0.6 is 0 Å². The molecule has 0 aliphatic carbocycles. The highest BCUT2D eigenvalue weighted by Gasteiger charge is 2.26. The van der Waals surface area contributed by atoms with Gasteiger partial charge in [-0.1, -0.05) is 42.0 Å². The first-order chi connectivity index (χ1) is 14.2. The number of aliphatic hydroxyl groups is 1. The van der Waals surface area contributed by atoms with Gasteiger partial charge in [-0.3, -0.25) is 9.69 Å². The van der Waals surface area contributed by atoms with Crippen LogP contribution in [-0.2, 0) is 0 Å². The van der Waals surface area contributed by atoms with Crippen LogP contribution in [0, 0.1) is 6.92 Å². The number of aliphatic hydroxyl groups excluding tert-OH is 1. The number of piperazine rings is 1. The molecule has 0 radical (unpaired) electrons. The number of aromatic nitrogens is 2. The predicted molar refractivity (Wildman–Crippen MR) is 113 cm³/mol. The minimum atomic E-state index is 0.00679. The Morgan fingerprint density at radius 2 is 1.79 bits per heavy atom. The first kappa shape index (κ1) is 19.4. The summed E-state index contributed by atoms with van der Waals surface area (Å²) < 4.78 is 1.78. The van der Waals surface area contributed by atoms with E-state index < -0.39 is 0 Å². The Kier molecular flexibility index (Phi) is 5.74. The van der Waals surface area contributed by atoms with E-state index in [1.165, 1.54) is 0 Å². The molecule has 2 heterocycles. The minimum absolute atomic E-state index is 0.00679. The third-order valence-corrected chi connectivity index (χ3v) is 5.33. The van der Waals surface area contributed by atoms with Crippen LogP contribution in [0.3, 0.4) is 0 Å². The largest absolute Gasteiger partial charge is 0.395 e. The Morgan fingerprint density at radius 1 is 1.03 bits per heavy atom. The molecule has 0 atom stereocenters. The van der Waals surface area contributed by atoms with Gasteiger partial charge in [0.25, 0.3) is 5.91 Å². The zero-order chi connectivity index (χ0) is 20.2. The summed E-state index contributed by atoms with van der Waals surface area (Å²) in [5.74, 6) is 0.00679. The average molecular weight is 390 g/mol. The maximum Gasteiger partial charge on any atom is 0.257 e. The molecule has 1 aromatic heterocycles. The normalized spacial score (nSPS) is 14.9. The summed E-state index contributed by atoms with van der Waals surface area (Å²) in [6.45, 7) is 5.71. The molecule has 1 aliphatic heterocycles. The third kappa shape index (κ3) is 4.23. The molecule has 150 valence electrons. The van der Waals surface area contributed by atoms with Gasteiger partial charge in [0, 0.05) is 44.5 Å². The van der Waals surface area contributed by atoms with E-state index in [1.54, 1.807) is 4.68 Å². The summed E-state index contributed by atoms with van der Waals surface area (Å²) in [7, 11) is 0. The summed E-state index contributed by atoms with van der Waals surface area (Å²) >= 11 is 0. The monoisotopic (exact) mass is 390 g/mol. The lowest BCUT2D eigenvalue weighted by molar-refractivity contribution is 0.0615. The average Bonchev–Trinajstić information content (AvgIpc) is 3.20. The fourth-order valence-corrected chi connectivity index (χ4v) is 3.74. The van der Waals surface area contributed by atoms with Gasteiger partial charge in [0.2, 0.25) is 0 Å². The van der Waals surface area contributed by atoms with E-state index in [2.05, 4.69) is 11.0 Å². The second-order valence-corrected chi connectivity index (χ2v) is 7.40. The number of hydrogen-bond acceptors (Lipinski definition) is 4. The Morgan fingerprint density at radius 3 is 2.48 bits per heavy atom. The van der Waals surface area contributed by atoms with Crippen molar-refractivity contribution >= 4 is 5.91 Å². The molecule has 3 aromatic rings. The molecule has 1 amide bonds. The fraction of sp³-hybridized carbons (Fsp3) is 0.304. The highest BCUT2D eigenvalue weighted by molar-refractivity contribution is 6.00. The van der Waals surface area contributed by atoms with Crippen molar-refractivity contribution in [3.05, 3.63) is 71.9 Å². The van der Waals surface area contributed by atoms with Gasteiger partial charge >= 0.3 is 0 Å². The zero-order valence-electron chi connectivity index (χ0n) is 16.7. The van der Waals surface area contributed by atoms with Crippen molar-refractivity contribution in [2.45, 2.75) is 6.92 Å². The van der Waals surface area contributed by atoms with E-state index in [0.29, 0.717) is 30.9 Å². The Balaban J connectivity index is 1.68. The summed E-state index contributed by atoms with van der Waals surface area (Å²) in [6.07, 6.45) is 1.84.